The van der Waals surface area contributed by atoms with Crippen molar-refractivity contribution in [1.82, 2.24) is 10.2 Å². The van der Waals surface area contributed by atoms with E-state index in [1.165, 1.54) is 4.90 Å². The van der Waals surface area contributed by atoms with Crippen LogP contribution < -0.4 is 5.32 Å². The Labute approximate surface area is 123 Å². The predicted molar refractivity (Wildman–Crippen MR) is 76.8 cm³/mol. The van der Waals surface area contributed by atoms with E-state index >= 15 is 0 Å². The third-order valence-corrected chi connectivity index (χ3v) is 3.02. The van der Waals surface area contributed by atoms with Gasteiger partial charge >= 0.3 is 12.1 Å². The maximum Gasteiger partial charge on any atom is 0.408 e. The van der Waals surface area contributed by atoms with Crippen molar-refractivity contribution in [3.05, 3.63) is 0 Å². The van der Waals surface area contributed by atoms with Gasteiger partial charge in [0.15, 0.2) is 0 Å². The van der Waals surface area contributed by atoms with Crippen molar-refractivity contribution in [3.63, 3.8) is 0 Å². The van der Waals surface area contributed by atoms with Crippen molar-refractivity contribution in [2.24, 2.45) is 0 Å². The van der Waals surface area contributed by atoms with Gasteiger partial charge in [-0.05, 0) is 20.8 Å². The number of carboxylic acid groups (broad SMARTS) is 1. The molecule has 8 heteroatoms. The first-order chi connectivity index (χ1) is 9.03. The van der Waals surface area contributed by atoms with Gasteiger partial charge in [0.2, 0.25) is 5.91 Å². The third-order valence-electron chi connectivity index (χ3n) is 2.00. The molecule has 1 atom stereocenters. The number of aliphatic carboxylic acids is 1. The molecule has 0 fully saturated rings. The van der Waals surface area contributed by atoms with Gasteiger partial charge in [0, 0.05) is 19.8 Å². The molecule has 1 unspecified atom stereocenters. The van der Waals surface area contributed by atoms with Crippen LogP contribution in [0.25, 0.3) is 0 Å². The summed E-state index contributed by atoms with van der Waals surface area (Å²) < 4.78 is 4.99. The Morgan fingerprint density at radius 3 is 2.25 bits per heavy atom. The first-order valence-corrected chi connectivity index (χ1v) is 7.18. The highest BCUT2D eigenvalue weighted by atomic mass is 32.2. The van der Waals surface area contributed by atoms with Gasteiger partial charge in [-0.15, -0.1) is 11.8 Å². The lowest BCUT2D eigenvalue weighted by molar-refractivity contribution is -0.138. The van der Waals surface area contributed by atoms with Gasteiger partial charge in [-0.25, -0.2) is 9.59 Å². The van der Waals surface area contributed by atoms with Gasteiger partial charge < -0.3 is 20.1 Å². The van der Waals surface area contributed by atoms with E-state index in [0.29, 0.717) is 0 Å². The molecule has 0 aromatic carbocycles. The minimum absolute atomic E-state index is 0.0914. The second-order valence-corrected chi connectivity index (χ2v) is 6.37. The summed E-state index contributed by atoms with van der Waals surface area (Å²) in [4.78, 5) is 35.3. The summed E-state index contributed by atoms with van der Waals surface area (Å²) >= 11 is 1.14. The van der Waals surface area contributed by atoms with Gasteiger partial charge in [0.05, 0.1) is 5.75 Å². The number of carbonyl (C=O) groups excluding carboxylic acids is 2. The van der Waals surface area contributed by atoms with Crippen molar-refractivity contribution in [2.45, 2.75) is 32.4 Å². The minimum Gasteiger partial charge on any atom is -0.480 e. The summed E-state index contributed by atoms with van der Waals surface area (Å²) in [7, 11) is 3.24. The van der Waals surface area contributed by atoms with E-state index in [1.807, 2.05) is 0 Å². The first-order valence-electron chi connectivity index (χ1n) is 6.03. The zero-order valence-corrected chi connectivity index (χ0v) is 13.2. The molecule has 2 N–H and O–H groups in total. The van der Waals surface area contributed by atoms with Crippen LogP contribution in [0.3, 0.4) is 0 Å². The Balaban J connectivity index is 4.28. The molecule has 0 spiro atoms. The van der Waals surface area contributed by atoms with Gasteiger partial charge in [-0.1, -0.05) is 0 Å². The molecule has 0 aromatic heterocycles. The third kappa shape index (κ3) is 8.63. The standard InChI is InChI=1S/C12H22N2O5S/c1-12(2,3)19-11(18)13-8(10(16)17)6-20-7-9(15)14(4)5/h8H,6-7H2,1-5H3,(H,13,18)(H,16,17). The number of nitrogens with one attached hydrogen (secondary N) is 1. The molecule has 0 rings (SSSR count). The second kappa shape index (κ2) is 7.98. The quantitative estimate of drug-likeness (QED) is 0.753. The molecule has 0 aliphatic carbocycles. The Bertz CT molecular complexity index is 365. The normalized spacial score (nSPS) is 12.4. The molecule has 0 saturated heterocycles. The van der Waals surface area contributed by atoms with E-state index in [0.717, 1.165) is 11.8 Å². The van der Waals surface area contributed by atoms with Crippen LogP contribution in [0.4, 0.5) is 4.79 Å². The summed E-state index contributed by atoms with van der Waals surface area (Å²) in [6.45, 7) is 5.06. The highest BCUT2D eigenvalue weighted by molar-refractivity contribution is 8.00. The number of nitrogens with zero attached hydrogens (tertiary/aromatic N) is 1. The number of thioether (sulfide) groups is 1. The minimum atomic E-state index is -1.17. The summed E-state index contributed by atoms with van der Waals surface area (Å²) in [6.07, 6.45) is -0.788. The number of alkyl carbamates (subject to hydrolysis) is 1. The fourth-order valence-corrected chi connectivity index (χ4v) is 2.03. The molecule has 116 valence electrons. The lowest BCUT2D eigenvalue weighted by atomic mass is 10.2. The van der Waals surface area contributed by atoms with Crippen molar-refractivity contribution in [3.8, 4) is 0 Å². The molecule has 0 radical (unpaired) electrons. The number of hydrogen-bond acceptors (Lipinski definition) is 5. The molecule has 20 heavy (non-hydrogen) atoms. The van der Waals surface area contributed by atoms with E-state index in [-0.39, 0.29) is 17.4 Å². The Kier molecular flexibility index (Phi) is 7.41. The number of hydrogen-bond donors (Lipinski definition) is 2. The topological polar surface area (TPSA) is 95.9 Å². The van der Waals surface area contributed by atoms with Crippen LogP contribution in [0.2, 0.25) is 0 Å². The van der Waals surface area contributed by atoms with E-state index < -0.39 is 23.7 Å². The lowest BCUT2D eigenvalue weighted by Crippen LogP contribution is -2.45. The fourth-order valence-electron chi connectivity index (χ4n) is 1.02. The molecule has 0 heterocycles. The van der Waals surface area contributed by atoms with E-state index in [2.05, 4.69) is 5.32 Å². The van der Waals surface area contributed by atoms with Gasteiger partial charge in [0.25, 0.3) is 0 Å². The largest absolute Gasteiger partial charge is 0.480 e. The first kappa shape index (κ1) is 18.6. The SMILES string of the molecule is CN(C)C(=O)CSCC(NC(=O)OC(C)(C)C)C(=O)O. The molecule has 0 aromatic rings. The van der Waals surface area contributed by atoms with Crippen molar-refractivity contribution < 1.29 is 24.2 Å². The van der Waals surface area contributed by atoms with Crippen LogP contribution in [0.15, 0.2) is 0 Å². The van der Waals surface area contributed by atoms with E-state index in [1.54, 1.807) is 34.9 Å². The average molecular weight is 306 g/mol. The van der Waals surface area contributed by atoms with Crippen LogP contribution in [0, 0.1) is 0 Å². The highest BCUT2D eigenvalue weighted by Crippen LogP contribution is 2.09. The molecule has 7 nitrogen and oxygen atoms in total. The molecular weight excluding hydrogens is 284 g/mol. The van der Waals surface area contributed by atoms with Crippen molar-refractivity contribution in [2.75, 3.05) is 25.6 Å². The number of ether oxygens (including phenoxy) is 1. The molecule has 0 aliphatic heterocycles. The number of carbonyl (C=O) groups is 3. The molecular formula is C12H22N2O5S. The summed E-state index contributed by atoms with van der Waals surface area (Å²) in [6, 6.07) is -1.09. The van der Waals surface area contributed by atoms with Crippen LogP contribution in [-0.4, -0.2) is 65.2 Å². The molecule has 0 bridgehead atoms. The monoisotopic (exact) mass is 306 g/mol. The maximum atomic E-state index is 11.5. The van der Waals surface area contributed by atoms with Gasteiger partial charge in [-0.2, -0.15) is 0 Å². The molecule has 0 aliphatic rings. The van der Waals surface area contributed by atoms with Crippen LogP contribution in [0.1, 0.15) is 20.8 Å². The fraction of sp³-hybridized carbons (Fsp3) is 0.750. The number of carboxylic acids is 1. The summed E-state index contributed by atoms with van der Waals surface area (Å²) in [5.41, 5.74) is -0.693. The number of rotatable bonds is 6. The van der Waals surface area contributed by atoms with Crippen LogP contribution in [-0.2, 0) is 14.3 Å². The zero-order valence-electron chi connectivity index (χ0n) is 12.4. The Morgan fingerprint density at radius 2 is 1.85 bits per heavy atom. The van der Waals surface area contributed by atoms with Gasteiger partial charge in [-0.3, -0.25) is 4.79 Å². The Hall–Kier alpha value is -1.44. The maximum absolute atomic E-state index is 11.5. The van der Waals surface area contributed by atoms with Crippen LogP contribution >= 0.6 is 11.8 Å². The average Bonchev–Trinajstić information content (AvgIpc) is 2.24. The zero-order chi connectivity index (χ0) is 15.9. The smallest absolute Gasteiger partial charge is 0.408 e. The number of amides is 2. The lowest BCUT2D eigenvalue weighted by Gasteiger charge is -2.22. The van der Waals surface area contributed by atoms with E-state index in [9.17, 15) is 14.4 Å². The van der Waals surface area contributed by atoms with E-state index in [4.69, 9.17) is 9.84 Å². The molecule has 0 saturated carbocycles. The second-order valence-electron chi connectivity index (χ2n) is 5.34. The molecule has 2 amide bonds. The summed E-state index contributed by atoms with van der Waals surface area (Å²) in [5.74, 6) is -1.03. The highest BCUT2D eigenvalue weighted by Gasteiger charge is 2.24. The van der Waals surface area contributed by atoms with Crippen LogP contribution in [0.5, 0.6) is 0 Å². The Morgan fingerprint density at radius 1 is 1.30 bits per heavy atom. The van der Waals surface area contributed by atoms with Gasteiger partial charge in [0.1, 0.15) is 11.6 Å². The predicted octanol–water partition coefficient (Wildman–Crippen LogP) is 0.786. The summed E-state index contributed by atoms with van der Waals surface area (Å²) in [5, 5.41) is 11.3. The van der Waals surface area contributed by atoms with Crippen molar-refractivity contribution >= 4 is 29.7 Å². The van der Waals surface area contributed by atoms with Crippen molar-refractivity contribution in [1.29, 1.82) is 0 Å².